The number of rotatable bonds is 6. The van der Waals surface area contributed by atoms with E-state index in [2.05, 4.69) is 0 Å². The maximum atomic E-state index is 12.9. The predicted molar refractivity (Wildman–Crippen MR) is 104 cm³/mol. The number of aliphatic carboxylic acids is 1. The van der Waals surface area contributed by atoms with Crippen molar-refractivity contribution in [3.63, 3.8) is 0 Å². The second-order valence-corrected chi connectivity index (χ2v) is 9.74. The second-order valence-electron chi connectivity index (χ2n) is 6.36. The highest BCUT2D eigenvalue weighted by molar-refractivity contribution is 8.00. The van der Waals surface area contributed by atoms with Gasteiger partial charge in [0.15, 0.2) is 0 Å². The molecular formula is C19H20FNO5S2. The summed E-state index contributed by atoms with van der Waals surface area (Å²) in [4.78, 5) is 11.6. The molecular weight excluding hydrogens is 405 g/mol. The van der Waals surface area contributed by atoms with Gasteiger partial charge >= 0.3 is 5.97 Å². The lowest BCUT2D eigenvalue weighted by Crippen LogP contribution is -2.53. The summed E-state index contributed by atoms with van der Waals surface area (Å²) < 4.78 is 45.5. The molecule has 0 bridgehead atoms. The fraction of sp³-hybridized carbons (Fsp3) is 0.316. The van der Waals surface area contributed by atoms with Crippen LogP contribution in [0.1, 0.15) is 12.5 Å². The second kappa shape index (κ2) is 8.50. The Labute approximate surface area is 167 Å². The molecule has 0 aromatic heterocycles. The Morgan fingerprint density at radius 3 is 2.46 bits per heavy atom. The van der Waals surface area contributed by atoms with Gasteiger partial charge in [-0.2, -0.15) is 16.1 Å². The number of carbonyl (C=O) groups is 1. The Bertz CT molecular complexity index is 932. The van der Waals surface area contributed by atoms with Crippen molar-refractivity contribution in [2.45, 2.75) is 29.7 Å². The number of hydrogen-bond donors (Lipinski definition) is 1. The van der Waals surface area contributed by atoms with E-state index in [-0.39, 0.29) is 29.1 Å². The summed E-state index contributed by atoms with van der Waals surface area (Å²) in [6, 6.07) is 10.6. The van der Waals surface area contributed by atoms with Gasteiger partial charge in [-0.1, -0.05) is 19.1 Å². The maximum Gasteiger partial charge on any atom is 0.323 e. The van der Waals surface area contributed by atoms with E-state index in [0.29, 0.717) is 11.5 Å². The van der Waals surface area contributed by atoms with Gasteiger partial charge in [-0.05, 0) is 42.0 Å². The van der Waals surface area contributed by atoms with Gasteiger partial charge in [-0.25, -0.2) is 12.8 Å². The summed E-state index contributed by atoms with van der Waals surface area (Å²) >= 11 is 1.45. The first-order chi connectivity index (χ1) is 13.3. The zero-order valence-electron chi connectivity index (χ0n) is 15.1. The van der Waals surface area contributed by atoms with Crippen LogP contribution in [0.4, 0.5) is 4.39 Å². The number of benzene rings is 2. The normalized spacial score (nSPS) is 20.6. The smallest absolute Gasteiger partial charge is 0.323 e. The standard InChI is InChI=1S/C19H20FNO5S2/c1-13-18(19(22)23)21(10-11-27-13)28(24,25)17-8-6-16(7-9-17)26-12-14-2-4-15(20)5-3-14/h2-9,13,18H,10-12H2,1H3,(H,22,23). The molecule has 0 amide bonds. The molecule has 1 aliphatic heterocycles. The van der Waals surface area contributed by atoms with E-state index >= 15 is 0 Å². The molecule has 150 valence electrons. The summed E-state index contributed by atoms with van der Waals surface area (Å²) in [7, 11) is -3.94. The average Bonchev–Trinajstić information content (AvgIpc) is 2.67. The highest BCUT2D eigenvalue weighted by Gasteiger charge is 2.42. The van der Waals surface area contributed by atoms with Crippen LogP contribution in [0.5, 0.6) is 5.75 Å². The Hall–Kier alpha value is -2.10. The van der Waals surface area contributed by atoms with E-state index in [1.807, 2.05) is 0 Å². The van der Waals surface area contributed by atoms with Gasteiger partial charge in [-0.3, -0.25) is 4.79 Å². The van der Waals surface area contributed by atoms with Crippen LogP contribution in [0.25, 0.3) is 0 Å². The number of sulfonamides is 1. The topological polar surface area (TPSA) is 83.9 Å². The molecule has 0 radical (unpaired) electrons. The summed E-state index contributed by atoms with van der Waals surface area (Å²) in [6.07, 6.45) is 0. The van der Waals surface area contributed by atoms with Gasteiger partial charge in [-0.15, -0.1) is 0 Å². The zero-order valence-corrected chi connectivity index (χ0v) is 16.7. The fourth-order valence-electron chi connectivity index (χ4n) is 2.98. The molecule has 2 aromatic carbocycles. The summed E-state index contributed by atoms with van der Waals surface area (Å²) in [5.41, 5.74) is 0.780. The molecule has 3 rings (SSSR count). The lowest BCUT2D eigenvalue weighted by atomic mass is 10.2. The molecule has 1 N–H and O–H groups in total. The van der Waals surface area contributed by atoms with Crippen LogP contribution in [0, 0.1) is 5.82 Å². The van der Waals surface area contributed by atoms with Crippen LogP contribution in [-0.4, -0.2) is 47.4 Å². The highest BCUT2D eigenvalue weighted by atomic mass is 32.2. The first-order valence-electron chi connectivity index (χ1n) is 8.62. The lowest BCUT2D eigenvalue weighted by molar-refractivity contribution is -0.141. The van der Waals surface area contributed by atoms with Gasteiger partial charge in [0, 0.05) is 17.5 Å². The number of carboxylic acids is 1. The van der Waals surface area contributed by atoms with E-state index in [0.717, 1.165) is 9.87 Å². The third-order valence-corrected chi connectivity index (χ3v) is 7.55. The first-order valence-corrected chi connectivity index (χ1v) is 11.1. The molecule has 0 saturated carbocycles. The Morgan fingerprint density at radius 1 is 1.21 bits per heavy atom. The van der Waals surface area contributed by atoms with Crippen LogP contribution in [0.15, 0.2) is 53.4 Å². The Kier molecular flexibility index (Phi) is 6.26. The zero-order chi connectivity index (χ0) is 20.3. The quantitative estimate of drug-likeness (QED) is 0.766. The molecule has 0 aliphatic carbocycles. The number of halogens is 1. The van der Waals surface area contributed by atoms with Crippen LogP contribution in [0.2, 0.25) is 0 Å². The molecule has 0 spiro atoms. The van der Waals surface area contributed by atoms with Crippen LogP contribution < -0.4 is 4.74 Å². The Morgan fingerprint density at radius 2 is 1.86 bits per heavy atom. The van der Waals surface area contributed by atoms with Gasteiger partial charge in [0.1, 0.15) is 24.2 Å². The van der Waals surface area contributed by atoms with Crippen molar-refractivity contribution < 1.29 is 27.4 Å². The molecule has 1 heterocycles. The van der Waals surface area contributed by atoms with Crippen LogP contribution >= 0.6 is 11.8 Å². The third-order valence-electron chi connectivity index (χ3n) is 4.45. The third kappa shape index (κ3) is 4.48. The Balaban J connectivity index is 1.74. The minimum Gasteiger partial charge on any atom is -0.489 e. The molecule has 2 aromatic rings. The van der Waals surface area contributed by atoms with E-state index in [1.54, 1.807) is 19.1 Å². The molecule has 1 fully saturated rings. The number of thioether (sulfide) groups is 1. The van der Waals surface area contributed by atoms with Gasteiger partial charge in [0.2, 0.25) is 10.0 Å². The van der Waals surface area contributed by atoms with Gasteiger partial charge < -0.3 is 9.84 Å². The maximum absolute atomic E-state index is 12.9. The highest BCUT2D eigenvalue weighted by Crippen LogP contribution is 2.30. The summed E-state index contributed by atoms with van der Waals surface area (Å²) in [5, 5.41) is 9.13. The number of carboxylic acid groups (broad SMARTS) is 1. The van der Waals surface area contributed by atoms with Crippen molar-refractivity contribution in [1.29, 1.82) is 0 Å². The van der Waals surface area contributed by atoms with E-state index in [9.17, 15) is 22.7 Å². The molecule has 2 atom stereocenters. The SMILES string of the molecule is CC1SCCN(S(=O)(=O)c2ccc(OCc3ccc(F)cc3)cc2)C1C(=O)O. The van der Waals surface area contributed by atoms with Crippen molar-refractivity contribution in [2.24, 2.45) is 0 Å². The van der Waals surface area contributed by atoms with Crippen LogP contribution in [-0.2, 0) is 21.4 Å². The van der Waals surface area contributed by atoms with E-state index in [1.165, 1.54) is 48.2 Å². The molecule has 28 heavy (non-hydrogen) atoms. The van der Waals surface area contributed by atoms with Crippen molar-refractivity contribution >= 4 is 27.8 Å². The lowest BCUT2D eigenvalue weighted by Gasteiger charge is -2.35. The molecule has 2 unspecified atom stereocenters. The minimum atomic E-state index is -3.94. The number of ether oxygens (including phenoxy) is 1. The fourth-order valence-corrected chi connectivity index (χ4v) is 5.94. The van der Waals surface area contributed by atoms with Crippen molar-refractivity contribution in [3.8, 4) is 5.75 Å². The van der Waals surface area contributed by atoms with Gasteiger partial charge in [0.05, 0.1) is 4.90 Å². The average molecular weight is 426 g/mol. The van der Waals surface area contributed by atoms with E-state index in [4.69, 9.17) is 4.74 Å². The van der Waals surface area contributed by atoms with Crippen molar-refractivity contribution in [3.05, 3.63) is 59.9 Å². The van der Waals surface area contributed by atoms with Gasteiger partial charge in [0.25, 0.3) is 0 Å². The number of hydrogen-bond acceptors (Lipinski definition) is 5. The number of nitrogens with zero attached hydrogens (tertiary/aromatic N) is 1. The first kappa shape index (κ1) is 20.6. The predicted octanol–water partition coefficient (Wildman–Crippen LogP) is 2.98. The van der Waals surface area contributed by atoms with Crippen molar-refractivity contribution in [2.75, 3.05) is 12.3 Å². The monoisotopic (exact) mass is 425 g/mol. The molecule has 1 saturated heterocycles. The van der Waals surface area contributed by atoms with Crippen molar-refractivity contribution in [1.82, 2.24) is 4.31 Å². The summed E-state index contributed by atoms with van der Waals surface area (Å²) in [5.74, 6) is -0.477. The molecule has 6 nitrogen and oxygen atoms in total. The summed E-state index contributed by atoms with van der Waals surface area (Å²) in [6.45, 7) is 2.09. The molecule has 9 heteroatoms. The molecule has 1 aliphatic rings. The largest absolute Gasteiger partial charge is 0.489 e. The van der Waals surface area contributed by atoms with E-state index < -0.39 is 22.0 Å². The van der Waals surface area contributed by atoms with Crippen LogP contribution in [0.3, 0.4) is 0 Å². The minimum absolute atomic E-state index is 0.0204.